The van der Waals surface area contributed by atoms with Gasteiger partial charge in [0, 0.05) is 19.8 Å². The zero-order valence-corrected chi connectivity index (χ0v) is 20.9. The number of hydrogen-bond donors (Lipinski definition) is 1. The lowest BCUT2D eigenvalue weighted by atomic mass is 10.0. The topological polar surface area (TPSA) is 61.8 Å². The molecule has 0 radical (unpaired) electrons. The molecular weight excluding hydrogens is 406 g/mol. The Bertz CT molecular complexity index is 685. The van der Waals surface area contributed by atoms with Gasteiger partial charge in [0.2, 0.25) is 10.0 Å². The summed E-state index contributed by atoms with van der Waals surface area (Å²) >= 11 is 0. The number of unbranched alkanes of at least 4 members (excludes halogenated alkanes) is 13. The van der Waals surface area contributed by atoms with E-state index in [1.807, 2.05) is 43.3 Å². The highest BCUT2D eigenvalue weighted by Crippen LogP contribution is 2.13. The Hall–Kier alpha value is -1.56. The Morgan fingerprint density at radius 1 is 0.774 bits per heavy atom. The van der Waals surface area contributed by atoms with E-state index in [1.54, 1.807) is 6.21 Å². The first-order valence-corrected chi connectivity index (χ1v) is 13.9. The molecule has 0 heterocycles. The van der Waals surface area contributed by atoms with E-state index in [0.29, 0.717) is 6.42 Å². The van der Waals surface area contributed by atoms with E-state index in [0.717, 1.165) is 24.1 Å². The van der Waals surface area contributed by atoms with E-state index in [-0.39, 0.29) is 5.75 Å². The lowest BCUT2D eigenvalue weighted by Crippen LogP contribution is -2.21. The quantitative estimate of drug-likeness (QED) is 0.149. The van der Waals surface area contributed by atoms with Gasteiger partial charge in [-0.1, -0.05) is 103 Å². The van der Waals surface area contributed by atoms with Gasteiger partial charge in [-0.3, -0.25) is 0 Å². The Labute approximate surface area is 191 Å². The largest absolute Gasteiger partial charge is 0.378 e. The van der Waals surface area contributed by atoms with Crippen molar-refractivity contribution in [2.24, 2.45) is 5.10 Å². The van der Waals surface area contributed by atoms with Crippen molar-refractivity contribution in [3.05, 3.63) is 29.8 Å². The highest BCUT2D eigenvalue weighted by Gasteiger charge is 2.07. The van der Waals surface area contributed by atoms with Crippen molar-refractivity contribution in [3.8, 4) is 0 Å². The average Bonchev–Trinajstić information content (AvgIpc) is 2.74. The van der Waals surface area contributed by atoms with Crippen LogP contribution in [0.1, 0.15) is 102 Å². The second kappa shape index (κ2) is 17.0. The van der Waals surface area contributed by atoms with Crippen LogP contribution in [0.4, 0.5) is 5.69 Å². The highest BCUT2D eigenvalue weighted by molar-refractivity contribution is 7.89. The van der Waals surface area contributed by atoms with Crippen molar-refractivity contribution in [1.82, 2.24) is 4.83 Å². The fourth-order valence-corrected chi connectivity index (χ4v) is 4.46. The fourth-order valence-electron chi connectivity index (χ4n) is 3.57. The molecule has 0 saturated heterocycles. The van der Waals surface area contributed by atoms with Crippen molar-refractivity contribution < 1.29 is 8.42 Å². The van der Waals surface area contributed by atoms with Gasteiger partial charge in [0.1, 0.15) is 0 Å². The van der Waals surface area contributed by atoms with Crippen molar-refractivity contribution in [2.75, 3.05) is 24.7 Å². The third-order valence-corrected chi connectivity index (χ3v) is 6.79. The summed E-state index contributed by atoms with van der Waals surface area (Å²) in [5.41, 5.74) is 1.96. The zero-order chi connectivity index (χ0) is 22.8. The number of nitrogens with zero attached hydrogens (tertiary/aromatic N) is 2. The first-order valence-electron chi connectivity index (χ1n) is 12.2. The molecule has 0 spiro atoms. The van der Waals surface area contributed by atoms with Crippen molar-refractivity contribution >= 4 is 21.9 Å². The van der Waals surface area contributed by atoms with Gasteiger partial charge in [-0.15, -0.1) is 0 Å². The normalized spacial score (nSPS) is 11.8. The molecule has 0 unspecified atom stereocenters. The van der Waals surface area contributed by atoms with Gasteiger partial charge in [0.05, 0.1) is 12.0 Å². The zero-order valence-electron chi connectivity index (χ0n) is 20.1. The standard InChI is InChI=1S/C25H45N3O2S/c1-4-5-6-7-8-9-10-11-12-13-14-15-16-17-22-31(29,30)27-26-23-24-18-20-25(21-19-24)28(2)3/h18-21,23,27H,4-17,22H2,1-3H3/b26-23-. The van der Waals surface area contributed by atoms with Crippen LogP contribution < -0.4 is 9.73 Å². The van der Waals surface area contributed by atoms with E-state index in [2.05, 4.69) is 16.9 Å². The van der Waals surface area contributed by atoms with Gasteiger partial charge < -0.3 is 4.90 Å². The van der Waals surface area contributed by atoms with Crippen molar-refractivity contribution in [1.29, 1.82) is 0 Å². The summed E-state index contributed by atoms with van der Waals surface area (Å²) in [6.45, 7) is 2.26. The molecule has 6 heteroatoms. The maximum absolute atomic E-state index is 12.1. The SMILES string of the molecule is CCCCCCCCCCCCCCCCS(=O)(=O)N/N=C\c1ccc(N(C)C)cc1. The fraction of sp³-hybridized carbons (Fsp3) is 0.720. The summed E-state index contributed by atoms with van der Waals surface area (Å²) in [5, 5.41) is 3.90. The molecule has 0 fully saturated rings. The molecule has 1 rings (SSSR count). The molecular formula is C25H45N3O2S. The van der Waals surface area contributed by atoms with E-state index in [1.165, 1.54) is 70.6 Å². The number of anilines is 1. The Morgan fingerprint density at radius 3 is 1.68 bits per heavy atom. The van der Waals surface area contributed by atoms with Crippen LogP contribution in [0.15, 0.2) is 29.4 Å². The third kappa shape index (κ3) is 15.0. The summed E-state index contributed by atoms with van der Waals surface area (Å²) in [6, 6.07) is 7.79. The summed E-state index contributed by atoms with van der Waals surface area (Å²) in [7, 11) is 0.616. The minimum absolute atomic E-state index is 0.141. The van der Waals surface area contributed by atoms with Crippen LogP contribution in [-0.2, 0) is 10.0 Å². The molecule has 0 aliphatic heterocycles. The van der Waals surface area contributed by atoms with Crippen LogP contribution in [0.25, 0.3) is 0 Å². The maximum Gasteiger partial charge on any atom is 0.247 e. The van der Waals surface area contributed by atoms with Crippen LogP contribution in [0, 0.1) is 0 Å². The van der Waals surface area contributed by atoms with Gasteiger partial charge in [0.25, 0.3) is 0 Å². The van der Waals surface area contributed by atoms with Crippen LogP contribution in [-0.4, -0.2) is 34.5 Å². The molecule has 31 heavy (non-hydrogen) atoms. The summed E-state index contributed by atoms with van der Waals surface area (Å²) in [6.07, 6.45) is 19.1. The summed E-state index contributed by atoms with van der Waals surface area (Å²) in [4.78, 5) is 4.34. The van der Waals surface area contributed by atoms with Crippen LogP contribution in [0.2, 0.25) is 0 Å². The Morgan fingerprint density at radius 2 is 1.23 bits per heavy atom. The predicted octanol–water partition coefficient (Wildman–Crippen LogP) is 6.49. The average molecular weight is 452 g/mol. The van der Waals surface area contributed by atoms with Crippen LogP contribution in [0.3, 0.4) is 0 Å². The second-order valence-electron chi connectivity index (χ2n) is 8.75. The Balaban J connectivity index is 2.01. The summed E-state index contributed by atoms with van der Waals surface area (Å²) in [5.74, 6) is 0.141. The molecule has 0 aliphatic carbocycles. The number of sulfonamides is 1. The molecule has 1 aromatic rings. The minimum atomic E-state index is -3.35. The van der Waals surface area contributed by atoms with Crippen LogP contribution >= 0.6 is 0 Å². The number of benzene rings is 1. The van der Waals surface area contributed by atoms with Crippen LogP contribution in [0.5, 0.6) is 0 Å². The Kier molecular flexibility index (Phi) is 15.1. The molecule has 1 N–H and O–H groups in total. The predicted molar refractivity (Wildman–Crippen MR) is 136 cm³/mol. The number of rotatable bonds is 19. The molecule has 178 valence electrons. The molecule has 0 amide bonds. The monoisotopic (exact) mass is 451 g/mol. The smallest absolute Gasteiger partial charge is 0.247 e. The molecule has 0 bridgehead atoms. The molecule has 0 aliphatic rings. The highest BCUT2D eigenvalue weighted by atomic mass is 32.2. The molecule has 5 nitrogen and oxygen atoms in total. The molecule has 0 atom stereocenters. The van der Waals surface area contributed by atoms with Crippen molar-refractivity contribution in [2.45, 2.75) is 96.8 Å². The second-order valence-corrected chi connectivity index (χ2v) is 10.6. The van der Waals surface area contributed by atoms with E-state index in [4.69, 9.17) is 0 Å². The minimum Gasteiger partial charge on any atom is -0.378 e. The number of hydrogen-bond acceptors (Lipinski definition) is 4. The molecule has 0 saturated carbocycles. The van der Waals surface area contributed by atoms with E-state index < -0.39 is 10.0 Å². The van der Waals surface area contributed by atoms with E-state index in [9.17, 15) is 8.42 Å². The van der Waals surface area contributed by atoms with E-state index >= 15 is 0 Å². The van der Waals surface area contributed by atoms with Gasteiger partial charge in [-0.25, -0.2) is 13.2 Å². The van der Waals surface area contributed by atoms with Gasteiger partial charge in [-0.05, 0) is 24.1 Å². The summed E-state index contributed by atoms with van der Waals surface area (Å²) < 4.78 is 24.1. The lowest BCUT2D eigenvalue weighted by molar-refractivity contribution is 0.536. The van der Waals surface area contributed by atoms with Gasteiger partial charge in [-0.2, -0.15) is 5.10 Å². The third-order valence-electron chi connectivity index (χ3n) is 5.58. The first kappa shape index (κ1) is 27.5. The lowest BCUT2D eigenvalue weighted by Gasteiger charge is -2.11. The van der Waals surface area contributed by atoms with Gasteiger partial charge in [0.15, 0.2) is 0 Å². The van der Waals surface area contributed by atoms with Crippen molar-refractivity contribution in [3.63, 3.8) is 0 Å². The molecule has 1 aromatic carbocycles. The van der Waals surface area contributed by atoms with Gasteiger partial charge >= 0.3 is 0 Å². The number of hydrazone groups is 1. The molecule has 0 aromatic heterocycles. The number of nitrogens with one attached hydrogen (secondary N) is 1. The first-order chi connectivity index (χ1) is 14.9. The maximum atomic E-state index is 12.1.